The first-order chi connectivity index (χ1) is 42.7. The van der Waals surface area contributed by atoms with Crippen LogP contribution in [0.3, 0.4) is 0 Å². The van der Waals surface area contributed by atoms with Gasteiger partial charge < -0.3 is 33.8 Å². The lowest BCUT2D eigenvalue weighted by Crippen LogP contribution is -2.30. The van der Waals surface area contributed by atoms with Crippen molar-refractivity contribution in [1.82, 2.24) is 0 Å². The molecular formula is C70H136O17P2. The number of rotatable bonds is 67. The van der Waals surface area contributed by atoms with Crippen molar-refractivity contribution >= 4 is 39.5 Å². The number of aliphatic hydroxyl groups excluding tert-OH is 1. The highest BCUT2D eigenvalue weighted by molar-refractivity contribution is 7.47. The number of carbonyl (C=O) groups is 4. The van der Waals surface area contributed by atoms with Gasteiger partial charge in [0.05, 0.1) is 26.4 Å². The van der Waals surface area contributed by atoms with E-state index in [9.17, 15) is 43.2 Å². The molecule has 89 heavy (non-hydrogen) atoms. The summed E-state index contributed by atoms with van der Waals surface area (Å²) in [7, 11) is -9.90. The van der Waals surface area contributed by atoms with Crippen LogP contribution in [0, 0.1) is 23.7 Å². The SMILES string of the molecule is CCC(C)CCCCCCCCCCCCC(=O)OC[C@H](COP(=O)(O)OC[C@@H](O)COP(=O)(O)OC[C@@H](COC(=O)CCCCCCCCC(C)C)OC(=O)CCCCCCCCC(C)CC)OC(=O)CCCCCCCCCCCCCCCC(C)C. The van der Waals surface area contributed by atoms with Crippen molar-refractivity contribution in [2.24, 2.45) is 23.7 Å². The number of phosphoric acid groups is 2. The van der Waals surface area contributed by atoms with E-state index in [-0.39, 0.29) is 25.7 Å². The van der Waals surface area contributed by atoms with Crippen LogP contribution in [0.5, 0.6) is 0 Å². The van der Waals surface area contributed by atoms with Gasteiger partial charge in [-0.1, -0.05) is 293 Å². The van der Waals surface area contributed by atoms with E-state index in [2.05, 4.69) is 55.4 Å². The zero-order chi connectivity index (χ0) is 66.1. The first-order valence-electron chi connectivity index (χ1n) is 36.3. The Morgan fingerprint density at radius 3 is 0.798 bits per heavy atom. The van der Waals surface area contributed by atoms with E-state index in [4.69, 9.17) is 37.0 Å². The van der Waals surface area contributed by atoms with Crippen molar-refractivity contribution in [2.75, 3.05) is 39.6 Å². The standard InChI is InChI=1S/C70H136O17P2/c1-9-62(7)48-40-32-23-19-16-17-20-24-34-42-50-67(72)80-56-65(86-69(74)52-44-36-25-21-15-13-11-12-14-18-22-30-38-46-60(3)4)58-84-88(76,77)82-54-64(71)55-83-89(78,79)85-59-66(57-81-68(73)51-43-35-28-26-31-39-47-61(5)6)87-70(75)53-45-37-29-27-33-41-49-63(8)10-2/h60-66,71H,9-59H2,1-8H3,(H,76,77)(H,78,79)/t62?,63?,64-,65-,66-/m1/s1. The third-order valence-electron chi connectivity index (χ3n) is 16.8. The maximum Gasteiger partial charge on any atom is 0.472 e. The number of carbonyl (C=O) groups excluding carboxylic acids is 4. The van der Waals surface area contributed by atoms with Crippen LogP contribution < -0.4 is 0 Å². The molecular weight excluding hydrogens is 1170 g/mol. The average molecular weight is 1310 g/mol. The predicted molar refractivity (Wildman–Crippen MR) is 358 cm³/mol. The Morgan fingerprint density at radius 2 is 0.539 bits per heavy atom. The molecule has 528 valence electrons. The molecule has 0 aromatic carbocycles. The normalized spacial score (nSPS) is 14.9. The molecule has 4 unspecified atom stereocenters. The number of ether oxygens (including phenoxy) is 4. The summed E-state index contributed by atoms with van der Waals surface area (Å²) in [5.74, 6) is 0.862. The summed E-state index contributed by atoms with van der Waals surface area (Å²) in [5, 5.41) is 10.6. The summed E-state index contributed by atoms with van der Waals surface area (Å²) in [6, 6.07) is 0. The maximum absolute atomic E-state index is 13.0. The minimum Gasteiger partial charge on any atom is -0.462 e. The third-order valence-corrected chi connectivity index (χ3v) is 18.7. The summed E-state index contributed by atoms with van der Waals surface area (Å²) in [5.41, 5.74) is 0. The predicted octanol–water partition coefficient (Wildman–Crippen LogP) is 19.7. The van der Waals surface area contributed by atoms with Gasteiger partial charge >= 0.3 is 39.5 Å². The minimum absolute atomic E-state index is 0.101. The molecule has 0 aromatic rings. The highest BCUT2D eigenvalue weighted by Crippen LogP contribution is 2.45. The van der Waals surface area contributed by atoms with Crippen molar-refractivity contribution < 1.29 is 80.2 Å². The number of esters is 4. The highest BCUT2D eigenvalue weighted by Gasteiger charge is 2.30. The fraction of sp³-hybridized carbons (Fsp3) is 0.943. The molecule has 0 aliphatic heterocycles. The molecule has 0 aliphatic rings. The number of unbranched alkanes of at least 4 members (excludes halogenated alkanes) is 31. The molecule has 0 fully saturated rings. The lowest BCUT2D eigenvalue weighted by atomic mass is 9.99. The van der Waals surface area contributed by atoms with E-state index >= 15 is 0 Å². The highest BCUT2D eigenvalue weighted by atomic mass is 31.2. The Hall–Kier alpha value is -1.94. The monoisotopic (exact) mass is 1310 g/mol. The summed E-state index contributed by atoms with van der Waals surface area (Å²) >= 11 is 0. The van der Waals surface area contributed by atoms with Crippen LogP contribution in [0.2, 0.25) is 0 Å². The molecule has 0 aliphatic carbocycles. The Morgan fingerprint density at radius 1 is 0.315 bits per heavy atom. The number of hydrogen-bond donors (Lipinski definition) is 3. The van der Waals surface area contributed by atoms with E-state index < -0.39 is 97.5 Å². The van der Waals surface area contributed by atoms with Gasteiger partial charge in [0.15, 0.2) is 12.2 Å². The second kappa shape index (κ2) is 59.8. The van der Waals surface area contributed by atoms with Crippen LogP contribution in [-0.2, 0) is 65.4 Å². The van der Waals surface area contributed by atoms with Crippen LogP contribution in [0.25, 0.3) is 0 Å². The van der Waals surface area contributed by atoms with E-state index in [0.717, 1.165) is 114 Å². The van der Waals surface area contributed by atoms with Gasteiger partial charge in [-0.3, -0.25) is 37.3 Å². The number of hydrogen-bond acceptors (Lipinski definition) is 15. The van der Waals surface area contributed by atoms with Gasteiger partial charge in [-0.15, -0.1) is 0 Å². The van der Waals surface area contributed by atoms with Crippen molar-refractivity contribution in [3.8, 4) is 0 Å². The topological polar surface area (TPSA) is 237 Å². The molecule has 3 N–H and O–H groups in total. The van der Waals surface area contributed by atoms with Crippen LogP contribution in [0.4, 0.5) is 0 Å². The van der Waals surface area contributed by atoms with Gasteiger partial charge in [0, 0.05) is 25.7 Å². The molecule has 0 rings (SSSR count). The van der Waals surface area contributed by atoms with Crippen molar-refractivity contribution in [2.45, 2.75) is 363 Å². The summed E-state index contributed by atoms with van der Waals surface area (Å²) in [4.78, 5) is 72.5. The molecule has 0 bridgehead atoms. The van der Waals surface area contributed by atoms with Gasteiger partial charge in [0.25, 0.3) is 0 Å². The minimum atomic E-state index is -4.95. The zero-order valence-electron chi connectivity index (χ0n) is 58.1. The quantitative estimate of drug-likeness (QED) is 0.0222. The Bertz CT molecular complexity index is 1770. The Labute approximate surface area is 543 Å². The van der Waals surface area contributed by atoms with Crippen molar-refractivity contribution in [3.63, 3.8) is 0 Å². The number of aliphatic hydroxyl groups is 1. The molecule has 0 saturated carbocycles. The largest absolute Gasteiger partial charge is 0.472 e. The van der Waals surface area contributed by atoms with Crippen molar-refractivity contribution in [1.29, 1.82) is 0 Å². The smallest absolute Gasteiger partial charge is 0.462 e. The van der Waals surface area contributed by atoms with Crippen molar-refractivity contribution in [3.05, 3.63) is 0 Å². The Kier molecular flexibility index (Phi) is 58.5. The van der Waals surface area contributed by atoms with Crippen LogP contribution >= 0.6 is 15.6 Å². The molecule has 0 spiro atoms. The second-order valence-electron chi connectivity index (χ2n) is 26.7. The molecule has 0 heterocycles. The van der Waals surface area contributed by atoms with Gasteiger partial charge in [-0.05, 0) is 49.4 Å². The maximum atomic E-state index is 13.0. The van der Waals surface area contributed by atoms with Crippen LogP contribution in [0.15, 0.2) is 0 Å². The lowest BCUT2D eigenvalue weighted by Gasteiger charge is -2.21. The molecule has 0 radical (unpaired) electrons. The summed E-state index contributed by atoms with van der Waals surface area (Å²) < 4.78 is 68.2. The third kappa shape index (κ3) is 62.0. The molecule has 0 amide bonds. The summed E-state index contributed by atoms with van der Waals surface area (Å²) in [6.45, 7) is 14.1. The fourth-order valence-electron chi connectivity index (χ4n) is 10.4. The van der Waals surface area contributed by atoms with E-state index in [1.54, 1.807) is 0 Å². The molecule has 17 nitrogen and oxygen atoms in total. The second-order valence-corrected chi connectivity index (χ2v) is 29.6. The van der Waals surface area contributed by atoms with Crippen LogP contribution in [0.1, 0.15) is 344 Å². The van der Waals surface area contributed by atoms with Gasteiger partial charge in [0.2, 0.25) is 0 Å². The number of phosphoric ester groups is 2. The molecule has 0 saturated heterocycles. The first-order valence-corrected chi connectivity index (χ1v) is 39.3. The summed E-state index contributed by atoms with van der Waals surface area (Å²) in [6.07, 6.45) is 41.8. The van der Waals surface area contributed by atoms with Crippen LogP contribution in [-0.4, -0.2) is 96.7 Å². The van der Waals surface area contributed by atoms with Gasteiger partial charge in [-0.2, -0.15) is 0 Å². The lowest BCUT2D eigenvalue weighted by molar-refractivity contribution is -0.161. The van der Waals surface area contributed by atoms with Gasteiger partial charge in [-0.25, -0.2) is 9.13 Å². The Balaban J connectivity index is 5.25. The van der Waals surface area contributed by atoms with E-state index in [0.29, 0.717) is 31.6 Å². The first kappa shape index (κ1) is 87.1. The zero-order valence-corrected chi connectivity index (χ0v) is 59.8. The molecule has 0 aromatic heterocycles. The van der Waals surface area contributed by atoms with E-state index in [1.165, 1.54) is 141 Å². The molecule has 19 heteroatoms. The van der Waals surface area contributed by atoms with E-state index in [1.807, 2.05) is 0 Å². The van der Waals surface area contributed by atoms with Gasteiger partial charge in [0.1, 0.15) is 19.3 Å². The average Bonchev–Trinajstić information content (AvgIpc) is 3.70. The molecule has 7 atom stereocenters. The fourth-order valence-corrected chi connectivity index (χ4v) is 12.0.